The highest BCUT2D eigenvalue weighted by molar-refractivity contribution is 7.22. The van der Waals surface area contributed by atoms with Gasteiger partial charge in [0, 0.05) is 23.4 Å². The van der Waals surface area contributed by atoms with Gasteiger partial charge in [-0.1, -0.05) is 0 Å². The van der Waals surface area contributed by atoms with Gasteiger partial charge in [0.15, 0.2) is 11.6 Å². The first kappa shape index (κ1) is 15.3. The molecule has 0 aliphatic carbocycles. The summed E-state index contributed by atoms with van der Waals surface area (Å²) < 4.78 is 45.9. The quantitative estimate of drug-likeness (QED) is 0.571. The van der Waals surface area contributed by atoms with Gasteiger partial charge in [-0.15, -0.1) is 11.3 Å². The summed E-state index contributed by atoms with van der Waals surface area (Å²) in [5.74, 6) is -4.07. The van der Waals surface area contributed by atoms with Crippen LogP contribution in [-0.4, -0.2) is 18.1 Å². The van der Waals surface area contributed by atoms with Gasteiger partial charge in [-0.2, -0.15) is 0 Å². The predicted molar refractivity (Wildman–Crippen MR) is 80.7 cm³/mol. The van der Waals surface area contributed by atoms with Gasteiger partial charge in [-0.05, 0) is 12.1 Å². The number of hydrogen-bond donors (Lipinski definition) is 1. The fraction of sp³-hybridized carbons (Fsp3) is 0.0667. The van der Waals surface area contributed by atoms with Crippen LogP contribution in [0.25, 0.3) is 21.3 Å². The molecule has 0 aliphatic heterocycles. The number of benzene rings is 1. The maximum atomic E-state index is 14.0. The Hall–Kier alpha value is -2.61. The summed E-state index contributed by atoms with van der Waals surface area (Å²) in [5, 5.41) is 0. The average molecular weight is 338 g/mol. The van der Waals surface area contributed by atoms with Crippen LogP contribution in [0.1, 0.15) is 9.67 Å². The van der Waals surface area contributed by atoms with E-state index in [1.165, 1.54) is 19.4 Å². The van der Waals surface area contributed by atoms with Crippen molar-refractivity contribution in [3.63, 3.8) is 0 Å². The number of carbonyl (C=O) groups excluding carboxylic acids is 1. The topological polar surface area (TPSA) is 65.2 Å². The lowest BCUT2D eigenvalue weighted by molar-refractivity contribution is 0.0607. The van der Waals surface area contributed by atoms with Crippen molar-refractivity contribution in [2.24, 2.45) is 0 Å². The third kappa shape index (κ3) is 2.40. The van der Waals surface area contributed by atoms with Gasteiger partial charge < -0.3 is 10.5 Å². The van der Waals surface area contributed by atoms with Crippen molar-refractivity contribution in [2.45, 2.75) is 0 Å². The number of thiophene rings is 1. The molecule has 1 aromatic carbocycles. The van der Waals surface area contributed by atoms with Crippen LogP contribution in [0.2, 0.25) is 0 Å². The number of anilines is 1. The maximum Gasteiger partial charge on any atom is 0.350 e. The summed E-state index contributed by atoms with van der Waals surface area (Å²) in [6.07, 6.45) is 1.32. The zero-order valence-electron chi connectivity index (χ0n) is 11.7. The van der Waals surface area contributed by atoms with Gasteiger partial charge in [0.25, 0.3) is 0 Å². The second-order valence-electron chi connectivity index (χ2n) is 4.62. The summed E-state index contributed by atoms with van der Waals surface area (Å²) >= 11 is 0.925. The molecule has 2 N–H and O–H groups in total. The maximum absolute atomic E-state index is 14.0. The summed E-state index contributed by atoms with van der Waals surface area (Å²) in [6, 6.07) is 2.73. The summed E-state index contributed by atoms with van der Waals surface area (Å²) in [7, 11) is 1.20. The van der Waals surface area contributed by atoms with Crippen molar-refractivity contribution >= 4 is 33.2 Å². The normalized spacial score (nSPS) is 11.0. The Morgan fingerprint density at radius 1 is 1.26 bits per heavy atom. The molecule has 4 nitrogen and oxygen atoms in total. The molecule has 0 saturated heterocycles. The molecule has 3 aromatic rings. The van der Waals surface area contributed by atoms with Crippen LogP contribution in [0.4, 0.5) is 18.9 Å². The smallest absolute Gasteiger partial charge is 0.350 e. The third-order valence-electron chi connectivity index (χ3n) is 3.26. The fourth-order valence-electron chi connectivity index (χ4n) is 2.22. The number of fused-ring (bicyclic) bond motifs is 1. The van der Waals surface area contributed by atoms with Gasteiger partial charge in [0.05, 0.1) is 17.5 Å². The molecule has 3 rings (SSSR count). The minimum Gasteiger partial charge on any atom is -0.465 e. The van der Waals surface area contributed by atoms with E-state index < -0.39 is 23.4 Å². The molecule has 0 unspecified atom stereocenters. The molecule has 0 aliphatic rings. The van der Waals surface area contributed by atoms with E-state index >= 15 is 0 Å². The van der Waals surface area contributed by atoms with Crippen LogP contribution >= 0.6 is 11.3 Å². The van der Waals surface area contributed by atoms with Gasteiger partial charge >= 0.3 is 5.97 Å². The minimum absolute atomic E-state index is 0.0796. The Labute approximate surface area is 132 Å². The highest BCUT2D eigenvalue weighted by Gasteiger charge is 2.22. The molecular formula is C15H9F3N2O2S. The van der Waals surface area contributed by atoms with Crippen LogP contribution in [0.3, 0.4) is 0 Å². The standard InChI is InChI=1S/C15H9F3N2O2S/c1-22-15(21)14-11(19)12-13(23-14)7(2-3-20-12)8-4-6(16)5-9(17)10(8)18/h2-5H,19H2,1H3. The predicted octanol–water partition coefficient (Wildman–Crippen LogP) is 3.75. The molecule has 0 bridgehead atoms. The molecule has 2 aromatic heterocycles. The van der Waals surface area contributed by atoms with Gasteiger partial charge in [0.1, 0.15) is 16.2 Å². The lowest BCUT2D eigenvalue weighted by Crippen LogP contribution is -2.01. The number of pyridine rings is 1. The molecule has 8 heteroatoms. The van der Waals surface area contributed by atoms with E-state index in [4.69, 9.17) is 5.73 Å². The van der Waals surface area contributed by atoms with E-state index in [2.05, 4.69) is 9.72 Å². The Bertz CT molecular complexity index is 940. The minimum atomic E-state index is -1.30. The van der Waals surface area contributed by atoms with Crippen LogP contribution < -0.4 is 5.73 Å². The van der Waals surface area contributed by atoms with Gasteiger partial charge in [-0.3, -0.25) is 4.98 Å². The fourth-order valence-corrected chi connectivity index (χ4v) is 3.34. The zero-order valence-corrected chi connectivity index (χ0v) is 12.5. The average Bonchev–Trinajstić information content (AvgIpc) is 2.87. The summed E-state index contributed by atoms with van der Waals surface area (Å²) in [4.78, 5) is 15.9. The molecule has 2 heterocycles. The number of nitrogens with zero attached hydrogens (tertiary/aromatic N) is 1. The van der Waals surface area contributed by atoms with Crippen LogP contribution in [0.5, 0.6) is 0 Å². The van der Waals surface area contributed by atoms with Crippen molar-refractivity contribution in [3.8, 4) is 11.1 Å². The largest absolute Gasteiger partial charge is 0.465 e. The Kier molecular flexibility index (Phi) is 3.69. The number of hydrogen-bond acceptors (Lipinski definition) is 5. The van der Waals surface area contributed by atoms with Gasteiger partial charge in [0.2, 0.25) is 0 Å². The van der Waals surface area contributed by atoms with E-state index in [9.17, 15) is 18.0 Å². The second-order valence-corrected chi connectivity index (χ2v) is 5.64. The van der Waals surface area contributed by atoms with Crippen molar-refractivity contribution in [1.82, 2.24) is 4.98 Å². The molecule has 0 amide bonds. The van der Waals surface area contributed by atoms with Crippen molar-refractivity contribution in [1.29, 1.82) is 0 Å². The highest BCUT2D eigenvalue weighted by Crippen LogP contribution is 2.40. The number of halogens is 3. The van der Waals surface area contributed by atoms with Crippen LogP contribution in [0, 0.1) is 17.5 Å². The van der Waals surface area contributed by atoms with Crippen molar-refractivity contribution in [3.05, 3.63) is 46.7 Å². The van der Waals surface area contributed by atoms with E-state index in [1.54, 1.807) is 0 Å². The van der Waals surface area contributed by atoms with Crippen molar-refractivity contribution < 1.29 is 22.7 Å². The first-order valence-electron chi connectivity index (χ1n) is 6.34. The van der Waals surface area contributed by atoms with Crippen LogP contribution in [0.15, 0.2) is 24.4 Å². The molecule has 118 valence electrons. The monoisotopic (exact) mass is 338 g/mol. The lowest BCUT2D eigenvalue weighted by atomic mass is 10.0. The number of esters is 1. The first-order valence-corrected chi connectivity index (χ1v) is 7.16. The lowest BCUT2D eigenvalue weighted by Gasteiger charge is -2.06. The Morgan fingerprint density at radius 2 is 2.00 bits per heavy atom. The molecule has 0 radical (unpaired) electrons. The van der Waals surface area contributed by atoms with Crippen LogP contribution in [-0.2, 0) is 4.74 Å². The molecule has 0 saturated carbocycles. The third-order valence-corrected chi connectivity index (χ3v) is 4.47. The number of rotatable bonds is 2. The molecular weight excluding hydrogens is 329 g/mol. The number of carbonyl (C=O) groups is 1. The van der Waals surface area contributed by atoms with Gasteiger partial charge in [-0.25, -0.2) is 18.0 Å². The Balaban J connectivity index is 2.34. The van der Waals surface area contributed by atoms with Crippen molar-refractivity contribution in [2.75, 3.05) is 12.8 Å². The van der Waals surface area contributed by atoms with E-state index in [-0.39, 0.29) is 27.2 Å². The molecule has 0 atom stereocenters. The zero-order chi connectivity index (χ0) is 16.7. The highest BCUT2D eigenvalue weighted by atomic mass is 32.1. The van der Waals surface area contributed by atoms with E-state index in [1.807, 2.05) is 0 Å². The summed E-state index contributed by atoms with van der Waals surface area (Å²) in [5.41, 5.74) is 6.11. The molecule has 0 fully saturated rings. The SMILES string of the molecule is COC(=O)c1sc2c(-c3cc(F)cc(F)c3F)ccnc2c1N. The first-order chi connectivity index (χ1) is 10.9. The molecule has 23 heavy (non-hydrogen) atoms. The number of nitrogens with two attached hydrogens (primary N) is 1. The second kappa shape index (κ2) is 5.54. The van der Waals surface area contributed by atoms with E-state index in [0.29, 0.717) is 10.8 Å². The number of aromatic nitrogens is 1. The Morgan fingerprint density at radius 3 is 2.70 bits per heavy atom. The number of ether oxygens (including phenoxy) is 1. The van der Waals surface area contributed by atoms with E-state index in [0.717, 1.165) is 17.4 Å². The number of nitrogen functional groups attached to an aromatic ring is 1. The molecule has 0 spiro atoms. The summed E-state index contributed by atoms with van der Waals surface area (Å²) in [6.45, 7) is 0. The number of methoxy groups -OCH3 is 1.